The summed E-state index contributed by atoms with van der Waals surface area (Å²) in [5.41, 5.74) is 0. The highest BCUT2D eigenvalue weighted by atomic mass is 16.5. The summed E-state index contributed by atoms with van der Waals surface area (Å²) in [5, 5.41) is 0. The molecular weight excluding hydrogens is 304 g/mol. The van der Waals surface area contributed by atoms with Crippen molar-refractivity contribution in [1.82, 2.24) is 0 Å². The second kappa shape index (κ2) is 16.8. The molecule has 0 bridgehead atoms. The molecule has 0 spiro atoms. The quantitative estimate of drug-likeness (QED) is 0.277. The number of carbonyl (C=O) groups is 2. The third-order valence-electron chi connectivity index (χ3n) is 4.10. The van der Waals surface area contributed by atoms with E-state index in [4.69, 9.17) is 9.47 Å². The van der Waals surface area contributed by atoms with Crippen LogP contribution in [0.15, 0.2) is 0 Å². The molecule has 0 aromatic heterocycles. The molecule has 24 heavy (non-hydrogen) atoms. The average molecular weight is 343 g/mol. The van der Waals surface area contributed by atoms with E-state index in [1.54, 1.807) is 0 Å². The summed E-state index contributed by atoms with van der Waals surface area (Å²) in [5.74, 6) is 0.140. The van der Waals surface area contributed by atoms with Gasteiger partial charge in [-0.25, -0.2) is 0 Å². The van der Waals surface area contributed by atoms with Crippen LogP contribution in [-0.4, -0.2) is 25.2 Å². The Labute approximate surface area is 148 Å². The van der Waals surface area contributed by atoms with Gasteiger partial charge in [-0.1, -0.05) is 59.3 Å². The van der Waals surface area contributed by atoms with Gasteiger partial charge in [-0.15, -0.1) is 0 Å². The summed E-state index contributed by atoms with van der Waals surface area (Å²) in [4.78, 5) is 23.1. The van der Waals surface area contributed by atoms with Crippen molar-refractivity contribution in [3.8, 4) is 0 Å². The fraction of sp³-hybridized carbons (Fsp3) is 0.900. The van der Waals surface area contributed by atoms with Crippen molar-refractivity contribution >= 4 is 11.9 Å². The number of unbranched alkanes of at least 4 members (excludes halogenated alkanes) is 6. The van der Waals surface area contributed by atoms with Crippen molar-refractivity contribution < 1.29 is 19.1 Å². The van der Waals surface area contributed by atoms with Crippen molar-refractivity contribution in [2.45, 2.75) is 97.8 Å². The predicted molar refractivity (Wildman–Crippen MR) is 97.8 cm³/mol. The smallest absolute Gasteiger partial charge is 0.305 e. The van der Waals surface area contributed by atoms with Crippen molar-refractivity contribution in [3.63, 3.8) is 0 Å². The first-order valence-electron chi connectivity index (χ1n) is 9.91. The first-order valence-corrected chi connectivity index (χ1v) is 9.91. The second-order valence-corrected chi connectivity index (χ2v) is 6.77. The SMILES string of the molecule is CCCCCCC(=O)OCCCC(C)COC(=O)CCCCCC. The monoisotopic (exact) mass is 342 g/mol. The zero-order valence-corrected chi connectivity index (χ0v) is 16.1. The zero-order chi connectivity index (χ0) is 18.0. The normalized spacial score (nSPS) is 12.0. The van der Waals surface area contributed by atoms with E-state index in [0.29, 0.717) is 32.0 Å². The molecule has 0 rings (SSSR count). The molecule has 0 heterocycles. The Morgan fingerprint density at radius 1 is 0.750 bits per heavy atom. The summed E-state index contributed by atoms with van der Waals surface area (Å²) < 4.78 is 10.5. The Balaban J connectivity index is 3.47. The number of rotatable bonds is 16. The summed E-state index contributed by atoms with van der Waals surface area (Å²) in [6, 6.07) is 0. The lowest BCUT2D eigenvalue weighted by molar-refractivity contribution is -0.145. The summed E-state index contributed by atoms with van der Waals surface area (Å²) in [6.45, 7) is 7.32. The summed E-state index contributed by atoms with van der Waals surface area (Å²) in [6.07, 6.45) is 11.6. The first kappa shape index (κ1) is 22.9. The van der Waals surface area contributed by atoms with E-state index < -0.39 is 0 Å². The highest BCUT2D eigenvalue weighted by Crippen LogP contribution is 2.09. The van der Waals surface area contributed by atoms with Gasteiger partial charge in [-0.3, -0.25) is 9.59 Å². The van der Waals surface area contributed by atoms with Crippen LogP contribution in [0.5, 0.6) is 0 Å². The van der Waals surface area contributed by atoms with Gasteiger partial charge in [-0.2, -0.15) is 0 Å². The van der Waals surface area contributed by atoms with Gasteiger partial charge in [0.1, 0.15) is 0 Å². The van der Waals surface area contributed by atoms with E-state index in [1.807, 2.05) is 0 Å². The van der Waals surface area contributed by atoms with E-state index in [1.165, 1.54) is 25.7 Å². The molecule has 0 aliphatic carbocycles. The topological polar surface area (TPSA) is 52.6 Å². The van der Waals surface area contributed by atoms with Crippen molar-refractivity contribution in [2.75, 3.05) is 13.2 Å². The molecule has 0 saturated carbocycles. The molecule has 1 unspecified atom stereocenters. The molecule has 0 aliphatic rings. The Hall–Kier alpha value is -1.06. The summed E-state index contributed by atoms with van der Waals surface area (Å²) in [7, 11) is 0. The van der Waals surface area contributed by atoms with Crippen LogP contribution in [0.2, 0.25) is 0 Å². The average Bonchev–Trinajstić information content (AvgIpc) is 2.57. The minimum Gasteiger partial charge on any atom is -0.466 e. The molecule has 1 atom stereocenters. The number of ether oxygens (including phenoxy) is 2. The molecule has 0 aliphatic heterocycles. The number of carbonyl (C=O) groups excluding carboxylic acids is 2. The molecule has 4 heteroatoms. The number of hydrogen-bond donors (Lipinski definition) is 0. The van der Waals surface area contributed by atoms with E-state index in [0.717, 1.165) is 38.5 Å². The number of esters is 2. The van der Waals surface area contributed by atoms with Crippen LogP contribution in [0.3, 0.4) is 0 Å². The molecule has 0 amide bonds. The lowest BCUT2D eigenvalue weighted by Gasteiger charge is -2.12. The predicted octanol–water partition coefficient (Wildman–Crippen LogP) is 5.43. The van der Waals surface area contributed by atoms with Gasteiger partial charge >= 0.3 is 11.9 Å². The van der Waals surface area contributed by atoms with Gasteiger partial charge < -0.3 is 9.47 Å². The third-order valence-corrected chi connectivity index (χ3v) is 4.10. The molecule has 0 aromatic carbocycles. The highest BCUT2D eigenvalue weighted by molar-refractivity contribution is 5.69. The van der Waals surface area contributed by atoms with Gasteiger partial charge in [-0.05, 0) is 31.6 Å². The molecule has 0 saturated heterocycles. The fourth-order valence-electron chi connectivity index (χ4n) is 2.47. The van der Waals surface area contributed by atoms with Crippen molar-refractivity contribution in [3.05, 3.63) is 0 Å². The van der Waals surface area contributed by atoms with Gasteiger partial charge in [0, 0.05) is 12.8 Å². The minimum atomic E-state index is -0.0866. The lowest BCUT2D eigenvalue weighted by Crippen LogP contribution is -2.13. The zero-order valence-electron chi connectivity index (χ0n) is 16.1. The van der Waals surface area contributed by atoms with Crippen LogP contribution in [0.25, 0.3) is 0 Å². The van der Waals surface area contributed by atoms with Crippen LogP contribution in [0.1, 0.15) is 97.8 Å². The van der Waals surface area contributed by atoms with Gasteiger partial charge in [0.15, 0.2) is 0 Å². The van der Waals surface area contributed by atoms with Crippen LogP contribution < -0.4 is 0 Å². The lowest BCUT2D eigenvalue weighted by atomic mass is 10.1. The molecule has 142 valence electrons. The van der Waals surface area contributed by atoms with Crippen LogP contribution in [0.4, 0.5) is 0 Å². The van der Waals surface area contributed by atoms with Crippen LogP contribution in [-0.2, 0) is 19.1 Å². The molecule has 0 fully saturated rings. The van der Waals surface area contributed by atoms with Crippen LogP contribution >= 0.6 is 0 Å². The van der Waals surface area contributed by atoms with Gasteiger partial charge in [0.2, 0.25) is 0 Å². The third kappa shape index (κ3) is 15.8. The Morgan fingerprint density at radius 3 is 1.83 bits per heavy atom. The molecule has 4 nitrogen and oxygen atoms in total. The second-order valence-electron chi connectivity index (χ2n) is 6.77. The molecule has 0 aromatic rings. The molecular formula is C20H38O4. The maximum Gasteiger partial charge on any atom is 0.305 e. The van der Waals surface area contributed by atoms with Gasteiger partial charge in [0.05, 0.1) is 13.2 Å². The Morgan fingerprint density at radius 2 is 1.29 bits per heavy atom. The minimum absolute atomic E-state index is 0.0859. The molecule has 0 N–H and O–H groups in total. The Kier molecular flexibility index (Phi) is 16.0. The molecule has 0 radical (unpaired) electrons. The maximum atomic E-state index is 11.6. The van der Waals surface area contributed by atoms with E-state index >= 15 is 0 Å². The first-order chi connectivity index (χ1) is 11.6. The van der Waals surface area contributed by atoms with Crippen molar-refractivity contribution in [2.24, 2.45) is 5.92 Å². The van der Waals surface area contributed by atoms with E-state index in [9.17, 15) is 9.59 Å². The van der Waals surface area contributed by atoms with Crippen LogP contribution in [0, 0.1) is 5.92 Å². The largest absolute Gasteiger partial charge is 0.466 e. The summed E-state index contributed by atoms with van der Waals surface area (Å²) >= 11 is 0. The number of hydrogen-bond acceptors (Lipinski definition) is 4. The standard InChI is InChI=1S/C20H38O4/c1-4-6-8-10-14-19(21)23-16-12-13-18(3)17-24-20(22)15-11-9-7-5-2/h18H,4-17H2,1-3H3. The van der Waals surface area contributed by atoms with E-state index in [-0.39, 0.29) is 11.9 Å². The highest BCUT2D eigenvalue weighted by Gasteiger charge is 2.08. The van der Waals surface area contributed by atoms with Crippen molar-refractivity contribution in [1.29, 1.82) is 0 Å². The Bertz CT molecular complexity index is 315. The van der Waals surface area contributed by atoms with Gasteiger partial charge in [0.25, 0.3) is 0 Å². The van der Waals surface area contributed by atoms with E-state index in [2.05, 4.69) is 20.8 Å². The fourth-order valence-corrected chi connectivity index (χ4v) is 2.47. The maximum absolute atomic E-state index is 11.6.